The number of sulfonamides is 1. The van der Waals surface area contributed by atoms with E-state index in [2.05, 4.69) is 19.9 Å². The summed E-state index contributed by atoms with van der Waals surface area (Å²) in [5.41, 5.74) is 1.20. The van der Waals surface area contributed by atoms with Crippen molar-refractivity contribution in [1.29, 1.82) is 0 Å². The molecular formula is C10H7ClN4O2S2. The third-order valence-electron chi connectivity index (χ3n) is 2.42. The number of thiazole rings is 1. The van der Waals surface area contributed by atoms with Crippen LogP contribution in [0.2, 0.25) is 4.47 Å². The van der Waals surface area contributed by atoms with Crippen LogP contribution in [0.25, 0.3) is 10.9 Å². The van der Waals surface area contributed by atoms with Crippen molar-refractivity contribution < 1.29 is 8.42 Å². The summed E-state index contributed by atoms with van der Waals surface area (Å²) >= 11 is 6.54. The van der Waals surface area contributed by atoms with Crippen molar-refractivity contribution in [2.24, 2.45) is 0 Å². The Morgan fingerprint density at radius 2 is 2.16 bits per heavy atom. The second-order valence-electron chi connectivity index (χ2n) is 3.71. The van der Waals surface area contributed by atoms with Crippen LogP contribution in [0.4, 0.5) is 5.69 Å². The summed E-state index contributed by atoms with van der Waals surface area (Å²) in [6.07, 6.45) is 2.89. The molecule has 0 fully saturated rings. The smallest absolute Gasteiger partial charge is 0.273 e. The molecule has 19 heavy (non-hydrogen) atoms. The maximum atomic E-state index is 12.1. The Kier molecular flexibility index (Phi) is 2.92. The van der Waals surface area contributed by atoms with Gasteiger partial charge in [-0.25, -0.2) is 13.4 Å². The minimum absolute atomic E-state index is 0.0715. The number of rotatable bonds is 3. The van der Waals surface area contributed by atoms with Crippen LogP contribution in [-0.2, 0) is 10.0 Å². The fourth-order valence-corrected chi connectivity index (χ4v) is 3.91. The molecule has 0 saturated carbocycles. The van der Waals surface area contributed by atoms with E-state index in [-0.39, 0.29) is 8.68 Å². The molecule has 0 spiro atoms. The van der Waals surface area contributed by atoms with Gasteiger partial charge in [0, 0.05) is 5.39 Å². The fraction of sp³-hybridized carbons (Fsp3) is 0. The molecular weight excluding hydrogens is 308 g/mol. The van der Waals surface area contributed by atoms with Gasteiger partial charge < -0.3 is 0 Å². The lowest BCUT2D eigenvalue weighted by atomic mass is 10.2. The van der Waals surface area contributed by atoms with E-state index in [1.165, 1.54) is 6.20 Å². The van der Waals surface area contributed by atoms with Crippen molar-refractivity contribution in [3.63, 3.8) is 0 Å². The van der Waals surface area contributed by atoms with Crippen LogP contribution in [0.1, 0.15) is 0 Å². The van der Waals surface area contributed by atoms with E-state index in [9.17, 15) is 8.42 Å². The van der Waals surface area contributed by atoms with Crippen LogP contribution in [0.5, 0.6) is 0 Å². The third-order valence-corrected chi connectivity index (χ3v) is 5.37. The van der Waals surface area contributed by atoms with E-state index in [0.717, 1.165) is 22.2 Å². The zero-order valence-electron chi connectivity index (χ0n) is 9.29. The van der Waals surface area contributed by atoms with Gasteiger partial charge >= 0.3 is 0 Å². The summed E-state index contributed by atoms with van der Waals surface area (Å²) in [5, 5.41) is 7.55. The van der Waals surface area contributed by atoms with Crippen LogP contribution in [0.15, 0.2) is 34.8 Å². The van der Waals surface area contributed by atoms with Gasteiger partial charge in [-0.3, -0.25) is 9.82 Å². The number of hydrogen-bond acceptors (Lipinski definition) is 5. The van der Waals surface area contributed by atoms with Gasteiger partial charge in [0.05, 0.1) is 23.6 Å². The minimum Gasteiger partial charge on any atom is -0.279 e. The second-order valence-corrected chi connectivity index (χ2v) is 7.23. The fourth-order valence-electron chi connectivity index (χ4n) is 1.57. The number of halogens is 1. The highest BCUT2D eigenvalue weighted by Gasteiger charge is 2.17. The maximum Gasteiger partial charge on any atom is 0.273 e. The molecule has 2 N–H and O–H groups in total. The number of anilines is 1. The summed E-state index contributed by atoms with van der Waals surface area (Å²) in [4.78, 5) is 3.71. The highest BCUT2D eigenvalue weighted by atomic mass is 35.5. The average molecular weight is 315 g/mol. The predicted octanol–water partition coefficient (Wildman–Crippen LogP) is 2.47. The molecule has 0 radical (unpaired) electrons. The first kappa shape index (κ1) is 12.4. The number of nitrogens with one attached hydrogen (secondary N) is 2. The Morgan fingerprint density at radius 3 is 2.89 bits per heavy atom. The molecule has 0 bridgehead atoms. The first-order valence-electron chi connectivity index (χ1n) is 5.12. The van der Waals surface area contributed by atoms with Crippen molar-refractivity contribution in [2.75, 3.05) is 4.72 Å². The number of H-pyrrole nitrogens is 1. The Morgan fingerprint density at radius 1 is 1.32 bits per heavy atom. The zero-order chi connectivity index (χ0) is 13.5. The van der Waals surface area contributed by atoms with E-state index >= 15 is 0 Å². The lowest BCUT2D eigenvalue weighted by molar-refractivity contribution is 0.603. The molecule has 3 aromatic rings. The number of aromatic amines is 1. The topological polar surface area (TPSA) is 87.7 Å². The largest absolute Gasteiger partial charge is 0.279 e. The van der Waals surface area contributed by atoms with Gasteiger partial charge in [-0.1, -0.05) is 22.9 Å². The van der Waals surface area contributed by atoms with E-state index in [1.54, 1.807) is 24.4 Å². The Labute approximate surface area is 117 Å². The SMILES string of the molecule is O=S(=O)(Nc1ccc2cn[nH]c2c1)c1cnc(Cl)s1. The number of nitrogens with zero attached hydrogens (tertiary/aromatic N) is 2. The standard InChI is InChI=1S/C10H7ClN4O2S2/c11-10-12-5-9(18-10)19(16,17)15-7-2-1-6-4-13-14-8(6)3-7/h1-5,15H,(H,13,14). The molecule has 2 heterocycles. The van der Waals surface area contributed by atoms with Crippen molar-refractivity contribution in [2.45, 2.75) is 4.21 Å². The Balaban J connectivity index is 1.95. The van der Waals surface area contributed by atoms with Crippen molar-refractivity contribution >= 4 is 49.6 Å². The lowest BCUT2D eigenvalue weighted by Crippen LogP contribution is -2.11. The van der Waals surface area contributed by atoms with Crippen LogP contribution < -0.4 is 4.72 Å². The summed E-state index contributed by atoms with van der Waals surface area (Å²) in [6.45, 7) is 0. The van der Waals surface area contributed by atoms with E-state index < -0.39 is 10.0 Å². The van der Waals surface area contributed by atoms with Crippen LogP contribution in [-0.4, -0.2) is 23.6 Å². The highest BCUT2D eigenvalue weighted by molar-refractivity contribution is 7.94. The summed E-state index contributed by atoms with van der Waals surface area (Å²) in [6, 6.07) is 5.11. The molecule has 9 heteroatoms. The van der Waals surface area contributed by atoms with Gasteiger partial charge in [0.15, 0.2) is 8.68 Å². The lowest BCUT2D eigenvalue weighted by Gasteiger charge is -2.05. The number of hydrogen-bond donors (Lipinski definition) is 2. The van der Waals surface area contributed by atoms with Crippen LogP contribution >= 0.6 is 22.9 Å². The molecule has 0 aliphatic carbocycles. The number of fused-ring (bicyclic) bond motifs is 1. The Hall–Kier alpha value is -1.64. The second kappa shape index (κ2) is 4.48. The van der Waals surface area contributed by atoms with E-state index in [4.69, 9.17) is 11.6 Å². The third kappa shape index (κ3) is 2.42. The normalized spacial score (nSPS) is 11.8. The molecule has 0 aliphatic heterocycles. The van der Waals surface area contributed by atoms with E-state index in [0.29, 0.717) is 5.69 Å². The van der Waals surface area contributed by atoms with Gasteiger partial charge in [0.25, 0.3) is 10.0 Å². The summed E-state index contributed by atoms with van der Waals surface area (Å²) in [5.74, 6) is 0. The van der Waals surface area contributed by atoms with Gasteiger partial charge in [-0.15, -0.1) is 0 Å². The molecule has 0 atom stereocenters. The summed E-state index contributed by atoms with van der Waals surface area (Å²) < 4.78 is 26.9. The van der Waals surface area contributed by atoms with Gasteiger partial charge in [0.1, 0.15) is 0 Å². The quantitative estimate of drug-likeness (QED) is 0.777. The van der Waals surface area contributed by atoms with Gasteiger partial charge in [-0.05, 0) is 18.2 Å². The van der Waals surface area contributed by atoms with Crippen LogP contribution in [0.3, 0.4) is 0 Å². The first-order valence-corrected chi connectivity index (χ1v) is 7.80. The Bertz CT molecular complexity index is 840. The van der Waals surface area contributed by atoms with E-state index in [1.807, 2.05) is 0 Å². The minimum atomic E-state index is -3.66. The number of benzene rings is 1. The molecule has 1 aromatic carbocycles. The van der Waals surface area contributed by atoms with Crippen molar-refractivity contribution in [3.8, 4) is 0 Å². The zero-order valence-corrected chi connectivity index (χ0v) is 11.7. The monoisotopic (exact) mass is 314 g/mol. The van der Waals surface area contributed by atoms with Gasteiger partial charge in [-0.2, -0.15) is 5.10 Å². The average Bonchev–Trinajstić information content (AvgIpc) is 2.96. The first-order chi connectivity index (χ1) is 9.04. The maximum absolute atomic E-state index is 12.1. The molecule has 3 rings (SSSR count). The van der Waals surface area contributed by atoms with Crippen LogP contribution in [0, 0.1) is 0 Å². The number of aromatic nitrogens is 3. The summed E-state index contributed by atoms with van der Waals surface area (Å²) in [7, 11) is -3.66. The van der Waals surface area contributed by atoms with Gasteiger partial charge in [0.2, 0.25) is 0 Å². The molecule has 2 aromatic heterocycles. The highest BCUT2D eigenvalue weighted by Crippen LogP contribution is 2.25. The molecule has 0 unspecified atom stereocenters. The van der Waals surface area contributed by atoms with Crippen molar-refractivity contribution in [3.05, 3.63) is 35.1 Å². The molecule has 98 valence electrons. The molecule has 0 saturated heterocycles. The molecule has 6 nitrogen and oxygen atoms in total. The molecule has 0 aliphatic rings. The van der Waals surface area contributed by atoms with Crippen molar-refractivity contribution in [1.82, 2.24) is 15.2 Å². The predicted molar refractivity (Wildman–Crippen MR) is 74.0 cm³/mol. The molecule has 0 amide bonds.